The fourth-order valence-electron chi connectivity index (χ4n) is 2.85. The lowest BCUT2D eigenvalue weighted by Crippen LogP contribution is -2.30. The van der Waals surface area contributed by atoms with Gasteiger partial charge in [0.2, 0.25) is 5.91 Å². The third kappa shape index (κ3) is 2.72. The summed E-state index contributed by atoms with van der Waals surface area (Å²) in [4.78, 5) is 14.0. The Bertz CT molecular complexity index is 516. The first-order chi connectivity index (χ1) is 9.74. The molecule has 0 saturated carbocycles. The molecule has 2 heterocycles. The molecular weight excluding hydrogens is 256 g/mol. The van der Waals surface area contributed by atoms with Crippen LogP contribution in [-0.4, -0.2) is 24.1 Å². The normalized spacial score (nSPS) is 19.2. The number of carbonyl (C=O) groups excluding carboxylic acids is 1. The number of ether oxygens (including phenoxy) is 2. The smallest absolute Gasteiger partial charge is 0.222 e. The van der Waals surface area contributed by atoms with E-state index in [2.05, 4.69) is 0 Å². The van der Waals surface area contributed by atoms with Crippen LogP contribution in [-0.2, 0) is 22.7 Å². The summed E-state index contributed by atoms with van der Waals surface area (Å²) in [6, 6.07) is 3.78. The highest BCUT2D eigenvalue weighted by Crippen LogP contribution is 2.32. The van der Waals surface area contributed by atoms with Gasteiger partial charge in [0.25, 0.3) is 0 Å². The van der Waals surface area contributed by atoms with Crippen LogP contribution in [0.25, 0.3) is 0 Å². The number of nitrogen functional groups attached to an aromatic ring is 1. The SMILES string of the molecule is Nc1cc2c(c(CN3CCCCCC3=O)c1)OCOC2. The molecule has 0 atom stereocenters. The monoisotopic (exact) mass is 276 g/mol. The van der Waals surface area contributed by atoms with Crippen LogP contribution < -0.4 is 10.5 Å². The highest BCUT2D eigenvalue weighted by atomic mass is 16.7. The molecular formula is C15H20N2O3. The van der Waals surface area contributed by atoms with Gasteiger partial charge in [-0.3, -0.25) is 4.79 Å². The van der Waals surface area contributed by atoms with Crippen molar-refractivity contribution in [2.24, 2.45) is 0 Å². The van der Waals surface area contributed by atoms with Gasteiger partial charge in [0.15, 0.2) is 6.79 Å². The average molecular weight is 276 g/mol. The number of nitrogens with two attached hydrogens (primary N) is 1. The molecule has 1 fully saturated rings. The molecule has 0 bridgehead atoms. The second-order valence-electron chi connectivity index (χ2n) is 5.40. The molecule has 0 aliphatic carbocycles. The number of amides is 1. The number of likely N-dealkylation sites (tertiary alicyclic amines) is 1. The van der Waals surface area contributed by atoms with Crippen LogP contribution in [0.3, 0.4) is 0 Å². The molecule has 0 aromatic heterocycles. The van der Waals surface area contributed by atoms with E-state index in [0.717, 1.165) is 42.7 Å². The summed E-state index contributed by atoms with van der Waals surface area (Å²) in [6.45, 7) is 2.17. The number of hydrogen-bond acceptors (Lipinski definition) is 4. The standard InChI is InChI=1S/C15H20N2O3/c16-13-6-11(15-12(7-13)9-19-10-20-15)8-17-5-3-1-2-4-14(17)18/h6-7H,1-5,8-10,16H2. The van der Waals surface area contributed by atoms with Gasteiger partial charge < -0.3 is 20.1 Å². The van der Waals surface area contributed by atoms with Crippen LogP contribution in [0.2, 0.25) is 0 Å². The van der Waals surface area contributed by atoms with Crippen molar-refractivity contribution < 1.29 is 14.3 Å². The maximum absolute atomic E-state index is 12.1. The molecule has 5 heteroatoms. The number of rotatable bonds is 2. The fraction of sp³-hybridized carbons (Fsp3) is 0.533. The minimum atomic E-state index is 0.228. The molecule has 0 unspecified atom stereocenters. The number of nitrogens with zero attached hydrogens (tertiary/aromatic N) is 1. The maximum Gasteiger partial charge on any atom is 0.222 e. The Morgan fingerprint density at radius 1 is 1.25 bits per heavy atom. The molecule has 5 nitrogen and oxygen atoms in total. The Balaban J connectivity index is 1.86. The lowest BCUT2D eigenvalue weighted by molar-refractivity contribution is -0.131. The first kappa shape index (κ1) is 13.2. The average Bonchev–Trinajstić information content (AvgIpc) is 2.64. The molecule has 108 valence electrons. The van der Waals surface area contributed by atoms with E-state index in [1.54, 1.807) is 0 Å². The molecule has 0 radical (unpaired) electrons. The van der Waals surface area contributed by atoms with E-state index >= 15 is 0 Å². The number of carbonyl (C=O) groups is 1. The number of anilines is 1. The summed E-state index contributed by atoms with van der Waals surface area (Å²) in [7, 11) is 0. The maximum atomic E-state index is 12.1. The van der Waals surface area contributed by atoms with E-state index in [1.165, 1.54) is 0 Å². The van der Waals surface area contributed by atoms with Crippen molar-refractivity contribution in [3.05, 3.63) is 23.3 Å². The van der Waals surface area contributed by atoms with Gasteiger partial charge in [-0.15, -0.1) is 0 Å². The topological polar surface area (TPSA) is 64.8 Å². The molecule has 1 aromatic rings. The molecule has 2 aliphatic heterocycles. The second-order valence-corrected chi connectivity index (χ2v) is 5.40. The third-order valence-electron chi connectivity index (χ3n) is 3.84. The molecule has 3 rings (SSSR count). The van der Waals surface area contributed by atoms with Crippen LogP contribution in [0, 0.1) is 0 Å². The largest absolute Gasteiger partial charge is 0.467 e. The minimum Gasteiger partial charge on any atom is -0.467 e. The van der Waals surface area contributed by atoms with E-state index in [1.807, 2.05) is 17.0 Å². The zero-order chi connectivity index (χ0) is 13.9. The Hall–Kier alpha value is -1.75. The summed E-state index contributed by atoms with van der Waals surface area (Å²) >= 11 is 0. The summed E-state index contributed by atoms with van der Waals surface area (Å²) in [5.74, 6) is 1.06. The molecule has 2 N–H and O–H groups in total. The highest BCUT2D eigenvalue weighted by molar-refractivity contribution is 5.76. The molecule has 1 aromatic carbocycles. The minimum absolute atomic E-state index is 0.228. The first-order valence-corrected chi connectivity index (χ1v) is 7.13. The molecule has 1 saturated heterocycles. The lowest BCUT2D eigenvalue weighted by atomic mass is 10.1. The zero-order valence-electron chi connectivity index (χ0n) is 11.6. The Morgan fingerprint density at radius 3 is 3.05 bits per heavy atom. The van der Waals surface area contributed by atoms with Gasteiger partial charge >= 0.3 is 0 Å². The van der Waals surface area contributed by atoms with E-state index in [4.69, 9.17) is 15.2 Å². The van der Waals surface area contributed by atoms with Gasteiger partial charge in [0, 0.05) is 36.3 Å². The number of benzene rings is 1. The van der Waals surface area contributed by atoms with Crippen molar-refractivity contribution in [1.82, 2.24) is 4.90 Å². The van der Waals surface area contributed by atoms with Gasteiger partial charge in [0.05, 0.1) is 6.61 Å². The van der Waals surface area contributed by atoms with E-state index < -0.39 is 0 Å². The predicted molar refractivity (Wildman–Crippen MR) is 75.0 cm³/mol. The van der Waals surface area contributed by atoms with Crippen molar-refractivity contribution in [3.63, 3.8) is 0 Å². The third-order valence-corrected chi connectivity index (χ3v) is 3.84. The summed E-state index contributed by atoms with van der Waals surface area (Å²) in [5, 5.41) is 0. The Morgan fingerprint density at radius 2 is 2.15 bits per heavy atom. The quantitative estimate of drug-likeness (QED) is 0.839. The number of fused-ring (bicyclic) bond motifs is 1. The van der Waals surface area contributed by atoms with Gasteiger partial charge in [-0.2, -0.15) is 0 Å². The van der Waals surface area contributed by atoms with Gasteiger partial charge in [-0.05, 0) is 25.0 Å². The number of hydrogen-bond donors (Lipinski definition) is 1. The van der Waals surface area contributed by atoms with E-state index in [-0.39, 0.29) is 12.7 Å². The summed E-state index contributed by atoms with van der Waals surface area (Å²) in [6.07, 6.45) is 3.84. The van der Waals surface area contributed by atoms with Gasteiger partial charge in [0.1, 0.15) is 5.75 Å². The van der Waals surface area contributed by atoms with Crippen LogP contribution in [0.4, 0.5) is 5.69 Å². The van der Waals surface area contributed by atoms with Crippen molar-refractivity contribution in [1.29, 1.82) is 0 Å². The van der Waals surface area contributed by atoms with Crippen molar-refractivity contribution in [3.8, 4) is 5.75 Å². The summed E-state index contributed by atoms with van der Waals surface area (Å²) < 4.78 is 10.9. The fourth-order valence-corrected chi connectivity index (χ4v) is 2.85. The second kappa shape index (κ2) is 5.71. The molecule has 1 amide bonds. The Kier molecular flexibility index (Phi) is 3.78. The van der Waals surface area contributed by atoms with Crippen molar-refractivity contribution in [2.45, 2.75) is 38.8 Å². The first-order valence-electron chi connectivity index (χ1n) is 7.13. The van der Waals surface area contributed by atoms with Crippen molar-refractivity contribution in [2.75, 3.05) is 19.1 Å². The van der Waals surface area contributed by atoms with E-state index in [9.17, 15) is 4.79 Å². The molecule has 0 spiro atoms. The van der Waals surface area contributed by atoms with Gasteiger partial charge in [-0.1, -0.05) is 6.42 Å². The predicted octanol–water partition coefficient (Wildman–Crippen LogP) is 2.04. The highest BCUT2D eigenvalue weighted by Gasteiger charge is 2.21. The summed E-state index contributed by atoms with van der Waals surface area (Å²) in [5.41, 5.74) is 8.58. The van der Waals surface area contributed by atoms with Crippen LogP contribution in [0.15, 0.2) is 12.1 Å². The van der Waals surface area contributed by atoms with E-state index in [0.29, 0.717) is 25.3 Å². The molecule has 20 heavy (non-hydrogen) atoms. The van der Waals surface area contributed by atoms with Gasteiger partial charge in [-0.25, -0.2) is 0 Å². The van der Waals surface area contributed by atoms with Crippen molar-refractivity contribution >= 4 is 11.6 Å². The molecule has 2 aliphatic rings. The van der Waals surface area contributed by atoms with Crippen LogP contribution in [0.5, 0.6) is 5.75 Å². The van der Waals surface area contributed by atoms with Crippen LogP contribution in [0.1, 0.15) is 36.8 Å². The lowest BCUT2D eigenvalue weighted by Gasteiger charge is -2.25. The van der Waals surface area contributed by atoms with Crippen LogP contribution >= 0.6 is 0 Å². The zero-order valence-corrected chi connectivity index (χ0v) is 11.6. The Labute approximate surface area is 118 Å².